The molecule has 27 heavy (non-hydrogen) atoms. The number of carbonyl (C=O) groups excluding carboxylic acids is 1. The van der Waals surface area contributed by atoms with Gasteiger partial charge in [0, 0.05) is 63.1 Å². The third kappa shape index (κ3) is 4.19. The number of urea groups is 1. The lowest BCUT2D eigenvalue weighted by Gasteiger charge is -2.31. The Morgan fingerprint density at radius 3 is 2.70 bits per heavy atom. The minimum Gasteiger partial charge on any atom is -0.460 e. The first kappa shape index (κ1) is 17.3. The van der Waals surface area contributed by atoms with E-state index < -0.39 is 0 Å². The van der Waals surface area contributed by atoms with E-state index in [0.29, 0.717) is 25.6 Å². The quantitative estimate of drug-likeness (QED) is 0.755. The van der Waals surface area contributed by atoms with Crippen LogP contribution in [0.15, 0.2) is 55.0 Å². The Bertz CT molecular complexity index is 888. The summed E-state index contributed by atoms with van der Waals surface area (Å²) in [6.07, 6.45) is 7.02. The van der Waals surface area contributed by atoms with Gasteiger partial charge < -0.3 is 19.5 Å². The zero-order valence-electron chi connectivity index (χ0n) is 15.1. The van der Waals surface area contributed by atoms with Crippen LogP contribution in [-0.4, -0.2) is 51.2 Å². The molecule has 1 aliphatic rings. The fourth-order valence-electron chi connectivity index (χ4n) is 3.40. The van der Waals surface area contributed by atoms with Crippen molar-refractivity contribution < 1.29 is 9.53 Å². The minimum absolute atomic E-state index is 0.0131. The predicted molar refractivity (Wildman–Crippen MR) is 103 cm³/mol. The fourth-order valence-corrected chi connectivity index (χ4v) is 3.40. The molecule has 0 radical (unpaired) electrons. The normalized spacial score (nSPS) is 15.0. The summed E-state index contributed by atoms with van der Waals surface area (Å²) >= 11 is 0. The second kappa shape index (κ2) is 8.07. The van der Waals surface area contributed by atoms with E-state index in [1.54, 1.807) is 18.5 Å². The van der Waals surface area contributed by atoms with Gasteiger partial charge in [0.2, 0.25) is 0 Å². The summed E-state index contributed by atoms with van der Waals surface area (Å²) in [6.45, 7) is 2.71. The maximum Gasteiger partial charge on any atom is 0.317 e. The van der Waals surface area contributed by atoms with Crippen LogP contribution in [0.1, 0.15) is 12.8 Å². The van der Waals surface area contributed by atoms with Gasteiger partial charge in [-0.3, -0.25) is 0 Å². The first-order chi connectivity index (χ1) is 13.3. The van der Waals surface area contributed by atoms with Crippen molar-refractivity contribution in [1.82, 2.24) is 24.8 Å². The number of fused-ring (bicyclic) bond motifs is 1. The van der Waals surface area contributed by atoms with Crippen molar-refractivity contribution in [3.63, 3.8) is 0 Å². The summed E-state index contributed by atoms with van der Waals surface area (Å²) in [5, 5.41) is 4.24. The van der Waals surface area contributed by atoms with E-state index in [1.807, 2.05) is 17.0 Å². The van der Waals surface area contributed by atoms with Gasteiger partial charge in [-0.15, -0.1) is 0 Å². The molecule has 3 heterocycles. The summed E-state index contributed by atoms with van der Waals surface area (Å²) in [5.74, 6) is 0. The molecule has 7 nitrogen and oxygen atoms in total. The number of aromatic nitrogens is 3. The molecular weight excluding hydrogens is 342 g/mol. The Hall–Kier alpha value is -3.09. The zero-order chi connectivity index (χ0) is 18.5. The third-order valence-electron chi connectivity index (χ3n) is 4.85. The number of nitrogens with zero attached hydrogens (tertiary/aromatic N) is 4. The van der Waals surface area contributed by atoms with Crippen molar-refractivity contribution in [2.75, 3.05) is 19.6 Å². The van der Waals surface area contributed by atoms with Crippen LogP contribution in [0.2, 0.25) is 0 Å². The average molecular weight is 365 g/mol. The zero-order valence-corrected chi connectivity index (χ0v) is 15.1. The highest BCUT2D eigenvalue weighted by Crippen LogP contribution is 2.16. The summed E-state index contributed by atoms with van der Waals surface area (Å²) in [5.41, 5.74) is 1.19. The monoisotopic (exact) mass is 365 g/mol. The topological polar surface area (TPSA) is 72.3 Å². The van der Waals surface area contributed by atoms with Gasteiger partial charge in [-0.05, 0) is 23.6 Å². The summed E-state index contributed by atoms with van der Waals surface area (Å²) in [7, 11) is 0. The Kier molecular flexibility index (Phi) is 5.18. The van der Waals surface area contributed by atoms with Crippen LogP contribution in [0.4, 0.5) is 4.79 Å². The van der Waals surface area contributed by atoms with E-state index in [4.69, 9.17) is 4.74 Å². The molecule has 4 rings (SSSR count). The first-order valence-electron chi connectivity index (χ1n) is 9.30. The molecule has 2 aromatic heterocycles. The van der Waals surface area contributed by atoms with Gasteiger partial charge in [0.25, 0.3) is 0 Å². The number of para-hydroxylation sites is 1. The number of carbonyl (C=O) groups is 1. The molecule has 1 aromatic carbocycles. The standard InChI is InChI=1S/C20H23N5O2/c26-20(23-11-15-24-12-6-16-4-1-2-5-18(16)24)25-13-7-17(8-14-25)27-19-21-9-3-10-22-19/h1-6,9-10,12,17H,7-8,11,13-15H2,(H,23,26). The highest BCUT2D eigenvalue weighted by molar-refractivity contribution is 5.80. The number of benzene rings is 1. The summed E-state index contributed by atoms with van der Waals surface area (Å²) < 4.78 is 7.93. The molecule has 7 heteroatoms. The minimum atomic E-state index is -0.0131. The van der Waals surface area contributed by atoms with Crippen LogP contribution >= 0.6 is 0 Å². The van der Waals surface area contributed by atoms with Crippen molar-refractivity contribution in [3.8, 4) is 6.01 Å². The van der Waals surface area contributed by atoms with Crippen molar-refractivity contribution in [3.05, 3.63) is 55.0 Å². The lowest BCUT2D eigenvalue weighted by atomic mass is 10.1. The molecule has 0 bridgehead atoms. The average Bonchev–Trinajstić information content (AvgIpc) is 3.12. The predicted octanol–water partition coefficient (Wildman–Crippen LogP) is 2.68. The largest absolute Gasteiger partial charge is 0.460 e. The molecule has 0 atom stereocenters. The second-order valence-electron chi connectivity index (χ2n) is 6.64. The lowest BCUT2D eigenvalue weighted by molar-refractivity contribution is 0.103. The van der Waals surface area contributed by atoms with E-state index in [0.717, 1.165) is 19.4 Å². The van der Waals surface area contributed by atoms with Crippen LogP contribution < -0.4 is 10.1 Å². The van der Waals surface area contributed by atoms with Crippen LogP contribution in [-0.2, 0) is 6.54 Å². The van der Waals surface area contributed by atoms with Crippen LogP contribution in [0.25, 0.3) is 10.9 Å². The Labute approximate surface area is 158 Å². The number of hydrogen-bond acceptors (Lipinski definition) is 4. The highest BCUT2D eigenvalue weighted by atomic mass is 16.5. The number of rotatable bonds is 5. The van der Waals surface area contributed by atoms with Crippen LogP contribution in [0.5, 0.6) is 6.01 Å². The fraction of sp³-hybridized carbons (Fsp3) is 0.350. The molecule has 1 aliphatic heterocycles. The van der Waals surface area contributed by atoms with Crippen molar-refractivity contribution in [1.29, 1.82) is 0 Å². The number of ether oxygens (including phenoxy) is 1. The Morgan fingerprint density at radius 1 is 1.11 bits per heavy atom. The lowest BCUT2D eigenvalue weighted by Crippen LogP contribution is -2.47. The second-order valence-corrected chi connectivity index (χ2v) is 6.64. The van der Waals surface area contributed by atoms with Crippen molar-refractivity contribution in [2.45, 2.75) is 25.5 Å². The number of nitrogens with one attached hydrogen (secondary N) is 1. The Balaban J connectivity index is 1.21. The molecule has 0 spiro atoms. The van der Waals surface area contributed by atoms with E-state index >= 15 is 0 Å². The maximum atomic E-state index is 12.4. The van der Waals surface area contributed by atoms with Crippen molar-refractivity contribution in [2.24, 2.45) is 0 Å². The molecule has 140 valence electrons. The molecule has 0 aliphatic carbocycles. The van der Waals surface area contributed by atoms with Gasteiger partial charge in [-0.2, -0.15) is 0 Å². The molecular formula is C20H23N5O2. The van der Waals surface area contributed by atoms with Crippen LogP contribution in [0.3, 0.4) is 0 Å². The van der Waals surface area contributed by atoms with Gasteiger partial charge in [-0.1, -0.05) is 18.2 Å². The molecule has 0 unspecified atom stereocenters. The van der Waals surface area contributed by atoms with E-state index in [-0.39, 0.29) is 12.1 Å². The van der Waals surface area contributed by atoms with Crippen molar-refractivity contribution >= 4 is 16.9 Å². The van der Waals surface area contributed by atoms with Gasteiger partial charge >= 0.3 is 12.0 Å². The first-order valence-corrected chi connectivity index (χ1v) is 9.30. The van der Waals surface area contributed by atoms with E-state index in [1.165, 1.54) is 10.9 Å². The highest BCUT2D eigenvalue weighted by Gasteiger charge is 2.24. The summed E-state index contributed by atoms with van der Waals surface area (Å²) in [4.78, 5) is 22.4. The smallest absolute Gasteiger partial charge is 0.317 e. The number of likely N-dealkylation sites (tertiary alicyclic amines) is 1. The molecule has 0 saturated carbocycles. The SMILES string of the molecule is O=C(NCCn1ccc2ccccc21)N1CCC(Oc2ncccn2)CC1. The summed E-state index contributed by atoms with van der Waals surface area (Å²) in [6, 6.07) is 12.5. The number of hydrogen-bond donors (Lipinski definition) is 1. The van der Waals surface area contributed by atoms with Gasteiger partial charge in [0.05, 0.1) is 0 Å². The number of amides is 2. The molecule has 3 aromatic rings. The maximum absolute atomic E-state index is 12.4. The molecule has 1 N–H and O–H groups in total. The Morgan fingerprint density at radius 2 is 1.89 bits per heavy atom. The van der Waals surface area contributed by atoms with E-state index in [9.17, 15) is 4.79 Å². The molecule has 1 saturated heterocycles. The molecule has 1 fully saturated rings. The molecule has 2 amide bonds. The van der Waals surface area contributed by atoms with Gasteiger partial charge in [0.1, 0.15) is 6.10 Å². The van der Waals surface area contributed by atoms with Gasteiger partial charge in [0.15, 0.2) is 0 Å². The number of piperidine rings is 1. The third-order valence-corrected chi connectivity index (χ3v) is 4.85. The van der Waals surface area contributed by atoms with E-state index in [2.05, 4.69) is 44.2 Å². The van der Waals surface area contributed by atoms with Gasteiger partial charge in [-0.25, -0.2) is 14.8 Å². The van der Waals surface area contributed by atoms with Crippen LogP contribution in [0, 0.1) is 0 Å².